The second-order valence-electron chi connectivity index (χ2n) is 10.7. The first-order valence-electron chi connectivity index (χ1n) is 12.8. The quantitative estimate of drug-likeness (QED) is 0.467. The molecule has 0 spiro atoms. The number of nitrogens with zero attached hydrogens (tertiary/aromatic N) is 3. The predicted molar refractivity (Wildman–Crippen MR) is 139 cm³/mol. The molecule has 1 saturated heterocycles. The van der Waals surface area contributed by atoms with Gasteiger partial charge in [0, 0.05) is 11.5 Å². The number of benzene rings is 2. The molecule has 1 aliphatic rings. The van der Waals surface area contributed by atoms with Gasteiger partial charge in [-0.15, -0.1) is 0 Å². The number of hydrogen-bond acceptors (Lipinski definition) is 5. The molecule has 6 heteroatoms. The molecule has 3 aromatic rings. The van der Waals surface area contributed by atoms with Crippen LogP contribution < -0.4 is 5.32 Å². The molecule has 0 bridgehead atoms. The van der Waals surface area contributed by atoms with Gasteiger partial charge in [-0.25, -0.2) is 0 Å². The largest absolute Gasteiger partial charge is 0.349 e. The highest BCUT2D eigenvalue weighted by Crippen LogP contribution is 2.26. The van der Waals surface area contributed by atoms with Crippen LogP contribution in [0.4, 0.5) is 0 Å². The number of nitrogens with one attached hydrogen (secondary N) is 1. The fourth-order valence-electron chi connectivity index (χ4n) is 4.77. The maximum absolute atomic E-state index is 13.0. The van der Waals surface area contributed by atoms with Gasteiger partial charge in [0.25, 0.3) is 0 Å². The molecule has 186 valence electrons. The van der Waals surface area contributed by atoms with Crippen molar-refractivity contribution in [1.82, 2.24) is 20.4 Å². The van der Waals surface area contributed by atoms with Gasteiger partial charge in [0.15, 0.2) is 0 Å². The van der Waals surface area contributed by atoms with E-state index in [0.29, 0.717) is 18.3 Å². The lowest BCUT2D eigenvalue weighted by molar-refractivity contribution is -0.127. The zero-order chi connectivity index (χ0) is 25.0. The van der Waals surface area contributed by atoms with Gasteiger partial charge in [-0.2, -0.15) is 4.98 Å². The zero-order valence-corrected chi connectivity index (χ0v) is 21.7. The SMILES string of the molecule is CCC(NC(=O)C1CCN(Cc2nc(-c3ccc(C(C)(C)C)cc3)no2)CC1)c1ccccc1C. The minimum absolute atomic E-state index is 0.0453. The van der Waals surface area contributed by atoms with E-state index in [9.17, 15) is 4.79 Å². The van der Waals surface area contributed by atoms with Crippen LogP contribution in [0.25, 0.3) is 11.4 Å². The number of aryl methyl sites for hydroxylation is 1. The zero-order valence-electron chi connectivity index (χ0n) is 21.7. The van der Waals surface area contributed by atoms with Crippen molar-refractivity contribution < 1.29 is 9.32 Å². The summed E-state index contributed by atoms with van der Waals surface area (Å²) in [4.78, 5) is 19.9. The van der Waals surface area contributed by atoms with E-state index in [1.807, 2.05) is 12.1 Å². The Morgan fingerprint density at radius 1 is 1.11 bits per heavy atom. The first kappa shape index (κ1) is 25.1. The molecule has 2 aromatic carbocycles. The highest BCUT2D eigenvalue weighted by molar-refractivity contribution is 5.79. The first-order valence-corrected chi connectivity index (χ1v) is 12.8. The summed E-state index contributed by atoms with van der Waals surface area (Å²) in [5.74, 6) is 1.45. The van der Waals surface area contributed by atoms with Crippen LogP contribution in [0.3, 0.4) is 0 Å². The molecule has 1 fully saturated rings. The molecule has 4 rings (SSSR count). The molecule has 35 heavy (non-hydrogen) atoms. The van der Waals surface area contributed by atoms with Crippen molar-refractivity contribution in [1.29, 1.82) is 0 Å². The average Bonchev–Trinajstić information content (AvgIpc) is 3.31. The average molecular weight is 475 g/mol. The Morgan fingerprint density at radius 3 is 2.43 bits per heavy atom. The fourth-order valence-corrected chi connectivity index (χ4v) is 4.77. The normalized spacial score (nSPS) is 16.3. The third-order valence-corrected chi connectivity index (χ3v) is 7.08. The van der Waals surface area contributed by atoms with E-state index in [-0.39, 0.29) is 23.3 Å². The maximum atomic E-state index is 13.0. The number of likely N-dealkylation sites (tertiary alicyclic amines) is 1. The lowest BCUT2D eigenvalue weighted by Crippen LogP contribution is -2.41. The summed E-state index contributed by atoms with van der Waals surface area (Å²) in [6.07, 6.45) is 2.56. The first-order chi connectivity index (χ1) is 16.7. The van der Waals surface area contributed by atoms with Gasteiger partial charge in [0.2, 0.25) is 17.6 Å². The van der Waals surface area contributed by atoms with Gasteiger partial charge in [0.05, 0.1) is 12.6 Å². The van der Waals surface area contributed by atoms with Gasteiger partial charge >= 0.3 is 0 Å². The molecule has 1 aliphatic heterocycles. The van der Waals surface area contributed by atoms with E-state index >= 15 is 0 Å². The summed E-state index contributed by atoms with van der Waals surface area (Å²) in [7, 11) is 0. The van der Waals surface area contributed by atoms with E-state index in [0.717, 1.165) is 37.9 Å². The lowest BCUT2D eigenvalue weighted by Gasteiger charge is -2.31. The number of piperidine rings is 1. The molecule has 6 nitrogen and oxygen atoms in total. The molecule has 0 saturated carbocycles. The van der Waals surface area contributed by atoms with Gasteiger partial charge < -0.3 is 9.84 Å². The number of hydrogen-bond donors (Lipinski definition) is 1. The van der Waals surface area contributed by atoms with Crippen LogP contribution in [0.1, 0.15) is 75.6 Å². The molecule has 1 aromatic heterocycles. The maximum Gasteiger partial charge on any atom is 0.241 e. The van der Waals surface area contributed by atoms with Crippen LogP contribution in [0, 0.1) is 12.8 Å². The highest BCUT2D eigenvalue weighted by Gasteiger charge is 2.27. The highest BCUT2D eigenvalue weighted by atomic mass is 16.5. The Balaban J connectivity index is 1.29. The van der Waals surface area contributed by atoms with Crippen LogP contribution in [0.15, 0.2) is 53.1 Å². The Bertz CT molecular complexity index is 1120. The van der Waals surface area contributed by atoms with Crippen LogP contribution in [0.5, 0.6) is 0 Å². The summed E-state index contributed by atoms with van der Waals surface area (Å²) in [6, 6.07) is 16.7. The van der Waals surface area contributed by atoms with Gasteiger partial charge in [0.1, 0.15) is 0 Å². The van der Waals surface area contributed by atoms with Crippen molar-refractivity contribution in [2.45, 2.75) is 71.9 Å². The number of carbonyl (C=O) groups excluding carboxylic acids is 1. The van der Waals surface area contributed by atoms with Gasteiger partial charge in [-0.1, -0.05) is 81.4 Å². The second kappa shape index (κ2) is 10.7. The minimum atomic E-state index is 0.0453. The Morgan fingerprint density at radius 2 is 1.80 bits per heavy atom. The monoisotopic (exact) mass is 474 g/mol. The fraction of sp³-hybridized carbons (Fsp3) is 0.483. The lowest BCUT2D eigenvalue weighted by atomic mass is 9.87. The molecule has 0 aliphatic carbocycles. The van der Waals surface area contributed by atoms with Crippen LogP contribution in [-0.2, 0) is 16.8 Å². The molecular formula is C29H38N4O2. The summed E-state index contributed by atoms with van der Waals surface area (Å²) in [6.45, 7) is 13.1. The Hall–Kier alpha value is -2.99. The van der Waals surface area contributed by atoms with Crippen molar-refractivity contribution in [3.63, 3.8) is 0 Å². The summed E-state index contributed by atoms with van der Waals surface area (Å²) in [5, 5.41) is 7.48. The van der Waals surface area contributed by atoms with Crippen molar-refractivity contribution in [2.24, 2.45) is 5.92 Å². The van der Waals surface area contributed by atoms with E-state index in [2.05, 4.69) is 91.4 Å². The molecule has 1 atom stereocenters. The van der Waals surface area contributed by atoms with Crippen molar-refractivity contribution >= 4 is 5.91 Å². The van der Waals surface area contributed by atoms with E-state index in [4.69, 9.17) is 4.52 Å². The smallest absolute Gasteiger partial charge is 0.241 e. The van der Waals surface area contributed by atoms with Crippen molar-refractivity contribution in [3.05, 3.63) is 71.1 Å². The third-order valence-electron chi connectivity index (χ3n) is 7.08. The molecule has 1 amide bonds. The number of rotatable bonds is 7. The van der Waals surface area contributed by atoms with Gasteiger partial charge in [-0.05, 0) is 61.4 Å². The number of amides is 1. The molecule has 1 N–H and O–H groups in total. The Kier molecular flexibility index (Phi) is 7.70. The van der Waals surface area contributed by atoms with Crippen LogP contribution >= 0.6 is 0 Å². The van der Waals surface area contributed by atoms with E-state index < -0.39 is 0 Å². The summed E-state index contributed by atoms with van der Waals surface area (Å²) < 4.78 is 5.54. The summed E-state index contributed by atoms with van der Waals surface area (Å²) in [5.41, 5.74) is 4.78. The van der Waals surface area contributed by atoms with E-state index in [1.54, 1.807) is 0 Å². The standard InChI is InChI=1S/C29H38N4O2/c1-6-25(24-10-8-7-9-20(24)2)30-28(34)22-15-17-33(18-16-22)19-26-31-27(32-35-26)21-11-13-23(14-12-21)29(3,4)5/h7-14,22,25H,6,15-19H2,1-5H3,(H,30,34). The topological polar surface area (TPSA) is 71.3 Å². The Labute approximate surface area is 209 Å². The van der Waals surface area contributed by atoms with E-state index in [1.165, 1.54) is 16.7 Å². The molecule has 2 heterocycles. The molecule has 0 radical (unpaired) electrons. The minimum Gasteiger partial charge on any atom is -0.349 e. The van der Waals surface area contributed by atoms with Crippen molar-refractivity contribution in [3.8, 4) is 11.4 Å². The summed E-state index contributed by atoms with van der Waals surface area (Å²) >= 11 is 0. The van der Waals surface area contributed by atoms with Crippen molar-refractivity contribution in [2.75, 3.05) is 13.1 Å². The van der Waals surface area contributed by atoms with Crippen LogP contribution in [-0.4, -0.2) is 34.0 Å². The van der Waals surface area contributed by atoms with Crippen LogP contribution in [0.2, 0.25) is 0 Å². The molecular weight excluding hydrogens is 436 g/mol. The predicted octanol–water partition coefficient (Wildman–Crippen LogP) is 5.82. The van der Waals surface area contributed by atoms with Gasteiger partial charge in [-0.3, -0.25) is 9.69 Å². The number of aromatic nitrogens is 2. The second-order valence-corrected chi connectivity index (χ2v) is 10.7. The molecule has 1 unspecified atom stereocenters. The number of carbonyl (C=O) groups is 1. The third kappa shape index (κ3) is 6.17.